The normalized spacial score (nSPS) is 23.1. The fourth-order valence-electron chi connectivity index (χ4n) is 1.47. The summed E-state index contributed by atoms with van der Waals surface area (Å²) in [7, 11) is 0. The van der Waals surface area contributed by atoms with Crippen molar-refractivity contribution < 1.29 is 9.90 Å². The van der Waals surface area contributed by atoms with E-state index in [4.69, 9.17) is 0 Å². The fraction of sp³-hybridized carbons (Fsp3) is 0.500. The van der Waals surface area contributed by atoms with Gasteiger partial charge in [0, 0.05) is 0 Å². The summed E-state index contributed by atoms with van der Waals surface area (Å²) in [5.41, 5.74) is 1.59. The van der Waals surface area contributed by atoms with Crippen molar-refractivity contribution in [3.8, 4) is 0 Å². The molecule has 0 aromatic heterocycles. The van der Waals surface area contributed by atoms with Crippen LogP contribution in [0.15, 0.2) is 23.8 Å². The van der Waals surface area contributed by atoms with Crippen molar-refractivity contribution in [2.45, 2.75) is 26.2 Å². The molecular weight excluding hydrogens is 152 g/mol. The van der Waals surface area contributed by atoms with Crippen LogP contribution in [0, 0.1) is 5.92 Å². The zero-order chi connectivity index (χ0) is 9.14. The number of carboxylic acids is 1. The Kier molecular flexibility index (Phi) is 2.69. The van der Waals surface area contributed by atoms with E-state index in [1.54, 1.807) is 6.08 Å². The minimum atomic E-state index is -1.02. The molecule has 0 spiro atoms. The van der Waals surface area contributed by atoms with Crippen LogP contribution in [0.4, 0.5) is 0 Å². The highest BCUT2D eigenvalue weighted by Gasteiger charge is 2.14. The lowest BCUT2D eigenvalue weighted by molar-refractivity contribution is -0.299. The molecule has 12 heavy (non-hydrogen) atoms. The van der Waals surface area contributed by atoms with Gasteiger partial charge in [-0.2, -0.15) is 0 Å². The second-order valence-corrected chi connectivity index (χ2v) is 3.33. The lowest BCUT2D eigenvalue weighted by Gasteiger charge is -2.22. The zero-order valence-electron chi connectivity index (χ0n) is 7.30. The lowest BCUT2D eigenvalue weighted by Crippen LogP contribution is -2.26. The van der Waals surface area contributed by atoms with Gasteiger partial charge in [-0.25, -0.2) is 0 Å². The predicted molar refractivity (Wildman–Crippen MR) is 45.2 cm³/mol. The number of allylic oxidation sites excluding steroid dienone is 2. The average molecular weight is 165 g/mol. The van der Waals surface area contributed by atoms with Crippen molar-refractivity contribution in [1.29, 1.82) is 0 Å². The minimum absolute atomic E-state index is 0.451. The summed E-state index contributed by atoms with van der Waals surface area (Å²) in [4.78, 5) is 10.4. The van der Waals surface area contributed by atoms with Crippen molar-refractivity contribution in [2.24, 2.45) is 5.92 Å². The number of carbonyl (C=O) groups is 1. The first kappa shape index (κ1) is 9.04. The first-order chi connectivity index (χ1) is 5.61. The average Bonchev–Trinajstić information content (AvgIpc) is 2.04. The van der Waals surface area contributed by atoms with E-state index in [0.29, 0.717) is 17.9 Å². The standard InChI is InChI=1S/C10H14O2/c1-7(2)8-3-5-9(6-4-8)10(11)12/h5,8H,1,3-4,6H2,2H3,(H,11,12)/p-1. The number of hydrogen-bond donors (Lipinski definition) is 0. The van der Waals surface area contributed by atoms with E-state index in [1.807, 2.05) is 6.92 Å². The molecule has 0 aliphatic heterocycles. The maximum atomic E-state index is 10.4. The largest absolute Gasteiger partial charge is 0.545 e. The van der Waals surface area contributed by atoms with E-state index >= 15 is 0 Å². The van der Waals surface area contributed by atoms with Crippen LogP contribution in [0.5, 0.6) is 0 Å². The summed E-state index contributed by atoms with van der Waals surface area (Å²) < 4.78 is 0. The number of aliphatic carboxylic acids is 1. The van der Waals surface area contributed by atoms with Gasteiger partial charge >= 0.3 is 0 Å². The summed E-state index contributed by atoms with van der Waals surface area (Å²) >= 11 is 0. The van der Waals surface area contributed by atoms with Gasteiger partial charge in [-0.3, -0.25) is 0 Å². The number of hydrogen-bond acceptors (Lipinski definition) is 2. The first-order valence-corrected chi connectivity index (χ1v) is 4.17. The number of carbonyl (C=O) groups excluding carboxylic acids is 1. The van der Waals surface area contributed by atoms with E-state index in [9.17, 15) is 9.90 Å². The molecule has 0 saturated carbocycles. The molecule has 1 rings (SSSR count). The highest BCUT2D eigenvalue weighted by atomic mass is 16.4. The van der Waals surface area contributed by atoms with Crippen LogP contribution in [-0.2, 0) is 4.79 Å². The fourth-order valence-corrected chi connectivity index (χ4v) is 1.47. The molecule has 0 N–H and O–H groups in total. The maximum absolute atomic E-state index is 10.4. The van der Waals surface area contributed by atoms with E-state index in [-0.39, 0.29) is 0 Å². The monoisotopic (exact) mass is 165 g/mol. The molecule has 2 nitrogen and oxygen atoms in total. The molecule has 0 aromatic rings. The summed E-state index contributed by atoms with van der Waals surface area (Å²) in [6, 6.07) is 0. The Labute approximate surface area is 72.6 Å². The molecule has 0 fully saturated rings. The van der Waals surface area contributed by atoms with Gasteiger partial charge < -0.3 is 9.90 Å². The zero-order valence-corrected chi connectivity index (χ0v) is 7.30. The lowest BCUT2D eigenvalue weighted by atomic mass is 9.86. The third-order valence-electron chi connectivity index (χ3n) is 2.37. The van der Waals surface area contributed by atoms with Crippen LogP contribution in [0.1, 0.15) is 26.2 Å². The van der Waals surface area contributed by atoms with E-state index < -0.39 is 5.97 Å². The Balaban J connectivity index is 2.59. The van der Waals surface area contributed by atoms with Gasteiger partial charge in [-0.05, 0) is 37.7 Å². The van der Waals surface area contributed by atoms with E-state index in [1.165, 1.54) is 0 Å². The van der Waals surface area contributed by atoms with Gasteiger partial charge in [0.15, 0.2) is 0 Å². The first-order valence-electron chi connectivity index (χ1n) is 4.17. The van der Waals surface area contributed by atoms with Crippen molar-refractivity contribution in [3.63, 3.8) is 0 Å². The third kappa shape index (κ3) is 1.97. The molecule has 0 heterocycles. The Morgan fingerprint density at radius 1 is 1.75 bits per heavy atom. The Morgan fingerprint density at radius 3 is 2.75 bits per heavy atom. The molecule has 1 unspecified atom stereocenters. The second kappa shape index (κ2) is 3.57. The van der Waals surface area contributed by atoms with E-state index in [2.05, 4.69) is 6.58 Å². The van der Waals surface area contributed by atoms with Crippen LogP contribution in [0.2, 0.25) is 0 Å². The molecule has 2 heteroatoms. The Morgan fingerprint density at radius 2 is 2.42 bits per heavy atom. The van der Waals surface area contributed by atoms with Gasteiger partial charge in [-0.15, -0.1) is 0 Å². The van der Waals surface area contributed by atoms with Gasteiger partial charge in [-0.1, -0.05) is 18.2 Å². The minimum Gasteiger partial charge on any atom is -0.545 e. The highest BCUT2D eigenvalue weighted by Crippen LogP contribution is 2.27. The Hall–Kier alpha value is -1.05. The molecule has 0 bridgehead atoms. The summed E-state index contributed by atoms with van der Waals surface area (Å²) in [6.45, 7) is 5.84. The molecular formula is C10H13O2-. The quantitative estimate of drug-likeness (QED) is 0.573. The summed E-state index contributed by atoms with van der Waals surface area (Å²) in [5.74, 6) is -0.553. The second-order valence-electron chi connectivity index (χ2n) is 3.33. The maximum Gasteiger partial charge on any atom is 0.0671 e. The van der Waals surface area contributed by atoms with Crippen molar-refractivity contribution in [3.05, 3.63) is 23.8 Å². The van der Waals surface area contributed by atoms with Crippen LogP contribution in [0.25, 0.3) is 0 Å². The SMILES string of the molecule is C=C(C)C1CC=C(C(=O)[O-])CC1. The topological polar surface area (TPSA) is 40.1 Å². The van der Waals surface area contributed by atoms with Gasteiger partial charge in [0.25, 0.3) is 0 Å². The number of carboxylic acid groups (broad SMARTS) is 1. The molecule has 0 saturated heterocycles. The summed E-state index contributed by atoms with van der Waals surface area (Å²) in [5, 5.41) is 10.4. The molecule has 0 amide bonds. The molecule has 1 atom stereocenters. The third-order valence-corrected chi connectivity index (χ3v) is 2.37. The van der Waals surface area contributed by atoms with Gasteiger partial charge in [0.2, 0.25) is 0 Å². The van der Waals surface area contributed by atoms with Gasteiger partial charge in [0.1, 0.15) is 0 Å². The van der Waals surface area contributed by atoms with Crippen LogP contribution in [0.3, 0.4) is 0 Å². The molecule has 1 aliphatic carbocycles. The van der Waals surface area contributed by atoms with Gasteiger partial charge in [0.05, 0.1) is 5.97 Å². The van der Waals surface area contributed by atoms with Crippen LogP contribution >= 0.6 is 0 Å². The highest BCUT2D eigenvalue weighted by molar-refractivity contribution is 5.84. The predicted octanol–water partition coefficient (Wildman–Crippen LogP) is 1.04. The van der Waals surface area contributed by atoms with E-state index in [0.717, 1.165) is 18.4 Å². The Bertz CT molecular complexity index is 238. The smallest absolute Gasteiger partial charge is 0.0671 e. The molecule has 1 aliphatic rings. The van der Waals surface area contributed by atoms with Crippen LogP contribution in [-0.4, -0.2) is 5.97 Å². The molecule has 66 valence electrons. The van der Waals surface area contributed by atoms with Crippen molar-refractivity contribution in [2.75, 3.05) is 0 Å². The summed E-state index contributed by atoms with van der Waals surface area (Å²) in [6.07, 6.45) is 4.09. The number of rotatable bonds is 2. The molecule has 0 aromatic carbocycles. The van der Waals surface area contributed by atoms with Crippen molar-refractivity contribution >= 4 is 5.97 Å². The molecule has 0 radical (unpaired) electrons. The van der Waals surface area contributed by atoms with Crippen LogP contribution < -0.4 is 5.11 Å². The van der Waals surface area contributed by atoms with Crippen molar-refractivity contribution in [1.82, 2.24) is 0 Å².